The lowest BCUT2D eigenvalue weighted by Crippen LogP contribution is -2.15. The number of amides is 2. The minimum Gasteiger partial charge on any atom is -0.322 e. The molecule has 0 saturated heterocycles. The number of aryl methyl sites for hydroxylation is 1. The molecule has 1 aromatic carbocycles. The Hall–Kier alpha value is -3.52. The summed E-state index contributed by atoms with van der Waals surface area (Å²) in [5.74, 6) is -0.395. The number of nitrogens with one attached hydrogen (secondary N) is 2. The Morgan fingerprint density at radius 1 is 1.03 bits per heavy atom. The van der Waals surface area contributed by atoms with E-state index < -0.39 is 0 Å². The summed E-state index contributed by atoms with van der Waals surface area (Å²) in [4.78, 5) is 30.1. The van der Waals surface area contributed by atoms with Crippen LogP contribution in [0, 0.1) is 6.92 Å². The van der Waals surface area contributed by atoms with Crippen molar-refractivity contribution in [3.63, 3.8) is 0 Å². The van der Waals surface area contributed by atoms with E-state index in [4.69, 9.17) is 0 Å². The largest absolute Gasteiger partial charge is 0.322 e. The van der Waals surface area contributed by atoms with Crippen LogP contribution >= 0.6 is 11.3 Å². The third-order valence-corrected chi connectivity index (χ3v) is 5.51. The van der Waals surface area contributed by atoms with Crippen LogP contribution in [-0.4, -0.2) is 26.6 Å². The minimum atomic E-state index is -0.241. The molecule has 0 radical (unpaired) electrons. The zero-order valence-corrected chi connectivity index (χ0v) is 17.7. The highest BCUT2D eigenvalue weighted by Crippen LogP contribution is 2.21. The van der Waals surface area contributed by atoms with Crippen LogP contribution in [0.5, 0.6) is 0 Å². The number of rotatable bonds is 5. The van der Waals surface area contributed by atoms with Gasteiger partial charge in [0.1, 0.15) is 0 Å². The monoisotopic (exact) mass is 419 g/mol. The van der Waals surface area contributed by atoms with Crippen LogP contribution in [-0.2, 0) is 0 Å². The second-order valence-corrected chi connectivity index (χ2v) is 8.13. The lowest BCUT2D eigenvalue weighted by Gasteiger charge is -2.10. The first-order valence-electron chi connectivity index (χ1n) is 9.53. The van der Waals surface area contributed by atoms with Crippen molar-refractivity contribution in [1.82, 2.24) is 14.8 Å². The molecule has 0 saturated carbocycles. The van der Waals surface area contributed by atoms with E-state index in [1.54, 1.807) is 36.5 Å². The van der Waals surface area contributed by atoms with Crippen molar-refractivity contribution in [2.45, 2.75) is 26.8 Å². The summed E-state index contributed by atoms with van der Waals surface area (Å²) in [7, 11) is 0. The Morgan fingerprint density at radius 3 is 2.30 bits per heavy atom. The molecular weight excluding hydrogens is 398 g/mol. The number of carbonyl (C=O) groups is 2. The smallest absolute Gasteiger partial charge is 0.265 e. The van der Waals surface area contributed by atoms with Gasteiger partial charge < -0.3 is 10.6 Å². The molecule has 30 heavy (non-hydrogen) atoms. The highest BCUT2D eigenvalue weighted by atomic mass is 32.1. The van der Waals surface area contributed by atoms with Crippen molar-refractivity contribution in [3.05, 3.63) is 70.2 Å². The lowest BCUT2D eigenvalue weighted by molar-refractivity contribution is 0.101. The van der Waals surface area contributed by atoms with E-state index in [2.05, 4.69) is 20.7 Å². The first-order valence-corrected chi connectivity index (χ1v) is 10.4. The molecule has 0 spiro atoms. The SMILES string of the molecule is Cc1nc2c(cnn2C(C)C)cc1C(=O)Nc1ccc(NC(=O)c2cccs2)cc1. The number of carbonyl (C=O) groups excluding carboxylic acids is 2. The molecule has 0 bridgehead atoms. The average Bonchev–Trinajstić information content (AvgIpc) is 3.38. The molecule has 3 heterocycles. The fourth-order valence-electron chi connectivity index (χ4n) is 3.11. The Kier molecular flexibility index (Phi) is 5.33. The summed E-state index contributed by atoms with van der Waals surface area (Å²) in [6, 6.07) is 12.6. The number of thiophene rings is 1. The Labute approximate surface area is 177 Å². The van der Waals surface area contributed by atoms with Gasteiger partial charge in [-0.15, -0.1) is 11.3 Å². The molecule has 152 valence electrons. The molecule has 2 N–H and O–H groups in total. The zero-order chi connectivity index (χ0) is 21.3. The first kappa shape index (κ1) is 19.8. The average molecular weight is 420 g/mol. The van der Waals surface area contributed by atoms with Crippen molar-refractivity contribution in [3.8, 4) is 0 Å². The van der Waals surface area contributed by atoms with Crippen LogP contribution in [0.2, 0.25) is 0 Å². The Balaban J connectivity index is 1.48. The molecule has 0 aliphatic heterocycles. The second kappa shape index (κ2) is 8.08. The fourth-order valence-corrected chi connectivity index (χ4v) is 3.73. The van der Waals surface area contributed by atoms with Crippen molar-refractivity contribution >= 4 is 45.6 Å². The van der Waals surface area contributed by atoms with Gasteiger partial charge >= 0.3 is 0 Å². The first-order chi connectivity index (χ1) is 14.4. The van der Waals surface area contributed by atoms with Crippen LogP contribution < -0.4 is 10.6 Å². The van der Waals surface area contributed by atoms with Gasteiger partial charge in [-0.1, -0.05) is 6.07 Å². The maximum absolute atomic E-state index is 12.8. The van der Waals surface area contributed by atoms with Crippen molar-refractivity contribution < 1.29 is 9.59 Å². The Morgan fingerprint density at radius 2 is 1.70 bits per heavy atom. The van der Waals surface area contributed by atoms with Crippen LogP contribution in [0.1, 0.15) is 45.6 Å². The van der Waals surface area contributed by atoms with Gasteiger partial charge in [0.25, 0.3) is 11.8 Å². The number of pyridine rings is 1. The summed E-state index contributed by atoms with van der Waals surface area (Å²) in [6.45, 7) is 5.89. The number of fused-ring (bicyclic) bond motifs is 1. The zero-order valence-electron chi connectivity index (χ0n) is 16.8. The molecular formula is C22H21N5O2S. The number of nitrogens with zero attached hydrogens (tertiary/aromatic N) is 3. The highest BCUT2D eigenvalue weighted by molar-refractivity contribution is 7.12. The summed E-state index contributed by atoms with van der Waals surface area (Å²) in [5, 5.41) is 12.8. The van der Waals surface area contributed by atoms with Crippen LogP contribution in [0.4, 0.5) is 11.4 Å². The van der Waals surface area contributed by atoms with Gasteiger partial charge in [-0.2, -0.15) is 5.10 Å². The predicted octanol–water partition coefficient (Wildman–Crippen LogP) is 4.89. The van der Waals surface area contributed by atoms with E-state index in [9.17, 15) is 9.59 Å². The second-order valence-electron chi connectivity index (χ2n) is 7.18. The van der Waals surface area contributed by atoms with E-state index in [0.29, 0.717) is 27.5 Å². The van der Waals surface area contributed by atoms with Gasteiger partial charge in [-0.25, -0.2) is 9.67 Å². The molecule has 8 heteroatoms. The minimum absolute atomic E-state index is 0.154. The maximum Gasteiger partial charge on any atom is 0.265 e. The van der Waals surface area contributed by atoms with Gasteiger partial charge in [0.15, 0.2) is 5.65 Å². The van der Waals surface area contributed by atoms with Gasteiger partial charge in [-0.05, 0) is 62.5 Å². The van der Waals surface area contributed by atoms with Crippen molar-refractivity contribution in [2.75, 3.05) is 10.6 Å². The van der Waals surface area contributed by atoms with Crippen LogP contribution in [0.25, 0.3) is 11.0 Å². The number of aromatic nitrogens is 3. The molecule has 4 rings (SSSR count). The molecule has 2 amide bonds. The highest BCUT2D eigenvalue weighted by Gasteiger charge is 2.15. The van der Waals surface area contributed by atoms with E-state index in [0.717, 1.165) is 11.0 Å². The van der Waals surface area contributed by atoms with Gasteiger partial charge in [0.2, 0.25) is 0 Å². The van der Waals surface area contributed by atoms with E-state index in [-0.39, 0.29) is 17.9 Å². The quantitative estimate of drug-likeness (QED) is 0.482. The molecule has 0 fully saturated rings. The van der Waals surface area contributed by atoms with E-state index in [1.165, 1.54) is 11.3 Å². The fraction of sp³-hybridized carbons (Fsp3) is 0.182. The van der Waals surface area contributed by atoms with Gasteiger partial charge in [0, 0.05) is 22.8 Å². The molecule has 0 atom stereocenters. The number of anilines is 2. The maximum atomic E-state index is 12.8. The van der Waals surface area contributed by atoms with Crippen molar-refractivity contribution in [2.24, 2.45) is 0 Å². The normalized spacial score (nSPS) is 11.1. The summed E-state index contributed by atoms with van der Waals surface area (Å²) in [6.07, 6.45) is 1.73. The number of hydrogen-bond acceptors (Lipinski definition) is 5. The van der Waals surface area contributed by atoms with E-state index >= 15 is 0 Å². The summed E-state index contributed by atoms with van der Waals surface area (Å²) < 4.78 is 1.84. The topological polar surface area (TPSA) is 88.9 Å². The molecule has 3 aromatic heterocycles. The molecule has 0 aliphatic rings. The predicted molar refractivity (Wildman–Crippen MR) is 119 cm³/mol. The van der Waals surface area contributed by atoms with Crippen LogP contribution in [0.3, 0.4) is 0 Å². The lowest BCUT2D eigenvalue weighted by atomic mass is 10.1. The molecule has 0 unspecified atom stereocenters. The van der Waals surface area contributed by atoms with Gasteiger partial charge in [-0.3, -0.25) is 9.59 Å². The summed E-state index contributed by atoms with van der Waals surface area (Å²) >= 11 is 1.38. The number of hydrogen-bond donors (Lipinski definition) is 2. The third-order valence-electron chi connectivity index (χ3n) is 4.64. The number of benzene rings is 1. The summed E-state index contributed by atoms with van der Waals surface area (Å²) in [5.41, 5.74) is 3.20. The van der Waals surface area contributed by atoms with E-state index in [1.807, 2.05) is 43.0 Å². The van der Waals surface area contributed by atoms with Gasteiger partial charge in [0.05, 0.1) is 22.3 Å². The Bertz CT molecular complexity index is 1210. The molecule has 7 nitrogen and oxygen atoms in total. The van der Waals surface area contributed by atoms with Crippen molar-refractivity contribution in [1.29, 1.82) is 0 Å². The van der Waals surface area contributed by atoms with Crippen LogP contribution in [0.15, 0.2) is 54.0 Å². The third kappa shape index (κ3) is 3.95. The molecule has 0 aliphatic carbocycles. The molecule has 4 aromatic rings. The standard InChI is InChI=1S/C22H21N5O2S/c1-13(2)27-20-15(12-23-27)11-18(14(3)24-20)21(28)25-16-6-8-17(9-7-16)26-22(29)19-5-4-10-30-19/h4-13H,1-3H3,(H,25,28)(H,26,29).